The van der Waals surface area contributed by atoms with E-state index in [1.54, 1.807) is 24.3 Å². The van der Waals surface area contributed by atoms with Crippen LogP contribution in [0.15, 0.2) is 77.3 Å². The molecule has 3 aromatic carbocycles. The number of amides is 1. The fourth-order valence-electron chi connectivity index (χ4n) is 2.80. The fraction of sp³-hybridized carbons (Fsp3) is 0. The highest BCUT2D eigenvalue weighted by atomic mass is 79.9. The van der Waals surface area contributed by atoms with Crippen molar-refractivity contribution in [2.75, 3.05) is 0 Å². The van der Waals surface area contributed by atoms with E-state index in [-0.39, 0.29) is 5.91 Å². The monoisotopic (exact) mass is 451 g/mol. The Morgan fingerprint density at radius 1 is 1.00 bits per heavy atom. The van der Waals surface area contributed by atoms with Crippen LogP contribution < -0.4 is 5.32 Å². The quantitative estimate of drug-likeness (QED) is 0.404. The van der Waals surface area contributed by atoms with Crippen LogP contribution >= 0.6 is 27.5 Å². The van der Waals surface area contributed by atoms with Crippen LogP contribution in [0.3, 0.4) is 0 Å². The number of hydrogen-bond acceptors (Lipinski definition) is 2. The standard InChI is InChI=1S/C22H15BrClN3O/c23-15-11-9-14(10-12-15)13-20(21-25-18-7-3-4-8-19(18)26-21)27-22(28)16-5-1-2-6-17(16)24/h1-13H,(H,25,26)(H,27,28). The normalized spacial score (nSPS) is 11.6. The third kappa shape index (κ3) is 4.01. The summed E-state index contributed by atoms with van der Waals surface area (Å²) in [5.74, 6) is 0.277. The first-order valence-electron chi connectivity index (χ1n) is 8.58. The highest BCUT2D eigenvalue weighted by Crippen LogP contribution is 2.21. The number of benzene rings is 3. The zero-order valence-corrected chi connectivity index (χ0v) is 17.0. The van der Waals surface area contributed by atoms with Crippen LogP contribution in [-0.2, 0) is 0 Å². The third-order valence-electron chi connectivity index (χ3n) is 4.19. The Bertz CT molecular complexity index is 1150. The zero-order valence-electron chi connectivity index (χ0n) is 14.6. The van der Waals surface area contributed by atoms with Crippen molar-refractivity contribution < 1.29 is 4.79 Å². The van der Waals surface area contributed by atoms with Gasteiger partial charge in [0, 0.05) is 4.47 Å². The number of hydrogen-bond donors (Lipinski definition) is 2. The molecule has 0 aliphatic carbocycles. The van der Waals surface area contributed by atoms with Crippen molar-refractivity contribution >= 4 is 56.2 Å². The van der Waals surface area contributed by atoms with Crippen molar-refractivity contribution in [2.24, 2.45) is 0 Å². The summed E-state index contributed by atoms with van der Waals surface area (Å²) >= 11 is 9.62. The van der Waals surface area contributed by atoms with Gasteiger partial charge in [-0.1, -0.05) is 63.9 Å². The number of rotatable bonds is 4. The van der Waals surface area contributed by atoms with Gasteiger partial charge in [0.25, 0.3) is 5.91 Å². The topological polar surface area (TPSA) is 57.8 Å². The van der Waals surface area contributed by atoms with Crippen LogP contribution in [0.4, 0.5) is 0 Å². The molecule has 0 unspecified atom stereocenters. The van der Waals surface area contributed by atoms with Crippen molar-refractivity contribution in [1.82, 2.24) is 15.3 Å². The SMILES string of the molecule is O=C(NC(=Cc1ccc(Br)cc1)c1nc2ccccc2[nH]1)c1ccccc1Cl. The Kier molecular flexibility index (Phi) is 5.28. The number of halogens is 2. The summed E-state index contributed by atoms with van der Waals surface area (Å²) in [5.41, 5.74) is 3.61. The first-order chi connectivity index (χ1) is 13.6. The van der Waals surface area contributed by atoms with Crippen LogP contribution in [0.1, 0.15) is 21.7 Å². The molecule has 0 saturated heterocycles. The summed E-state index contributed by atoms with van der Waals surface area (Å²) in [7, 11) is 0. The van der Waals surface area contributed by atoms with Gasteiger partial charge in [-0.3, -0.25) is 4.79 Å². The number of carbonyl (C=O) groups excluding carboxylic acids is 1. The predicted octanol–water partition coefficient (Wildman–Crippen LogP) is 5.91. The predicted molar refractivity (Wildman–Crippen MR) is 117 cm³/mol. The molecule has 1 heterocycles. The van der Waals surface area contributed by atoms with Crippen LogP contribution in [0.2, 0.25) is 5.02 Å². The van der Waals surface area contributed by atoms with Gasteiger partial charge in [0.2, 0.25) is 0 Å². The number of nitrogens with zero attached hydrogens (tertiary/aromatic N) is 1. The summed E-state index contributed by atoms with van der Waals surface area (Å²) in [6, 6.07) is 22.5. The smallest absolute Gasteiger partial charge is 0.257 e. The molecule has 1 aromatic heterocycles. The maximum absolute atomic E-state index is 12.8. The average molecular weight is 453 g/mol. The Labute approximate surface area is 175 Å². The molecule has 138 valence electrons. The fourth-order valence-corrected chi connectivity index (χ4v) is 3.29. The number of imidazole rings is 1. The molecule has 2 N–H and O–H groups in total. The summed E-state index contributed by atoms with van der Waals surface area (Å²) in [6.07, 6.45) is 1.87. The van der Waals surface area contributed by atoms with Crippen molar-refractivity contribution in [3.8, 4) is 0 Å². The minimum Gasteiger partial charge on any atom is -0.337 e. The molecular formula is C22H15BrClN3O. The number of aromatic nitrogens is 2. The van der Waals surface area contributed by atoms with Crippen molar-refractivity contribution in [1.29, 1.82) is 0 Å². The molecule has 0 aliphatic rings. The average Bonchev–Trinajstić information content (AvgIpc) is 3.13. The van der Waals surface area contributed by atoms with Crippen LogP contribution in [0, 0.1) is 0 Å². The molecule has 0 atom stereocenters. The minimum absolute atomic E-state index is 0.297. The minimum atomic E-state index is -0.297. The van der Waals surface area contributed by atoms with Gasteiger partial charge in [0.05, 0.1) is 27.3 Å². The van der Waals surface area contributed by atoms with Crippen LogP contribution in [0.5, 0.6) is 0 Å². The summed E-state index contributed by atoms with van der Waals surface area (Å²) in [5, 5.41) is 3.34. The number of nitrogens with one attached hydrogen (secondary N) is 2. The lowest BCUT2D eigenvalue weighted by atomic mass is 10.1. The van der Waals surface area contributed by atoms with Gasteiger partial charge in [-0.15, -0.1) is 0 Å². The number of aromatic amines is 1. The number of carbonyl (C=O) groups is 1. The second-order valence-electron chi connectivity index (χ2n) is 6.15. The van der Waals surface area contributed by atoms with E-state index < -0.39 is 0 Å². The lowest BCUT2D eigenvalue weighted by Gasteiger charge is -2.09. The highest BCUT2D eigenvalue weighted by Gasteiger charge is 2.15. The Balaban J connectivity index is 1.75. The van der Waals surface area contributed by atoms with Gasteiger partial charge < -0.3 is 10.3 Å². The van der Waals surface area contributed by atoms with Crippen molar-refractivity contribution in [3.63, 3.8) is 0 Å². The molecule has 4 nitrogen and oxygen atoms in total. The molecule has 0 aliphatic heterocycles. The van der Waals surface area contributed by atoms with E-state index in [0.29, 0.717) is 22.1 Å². The van der Waals surface area contributed by atoms with Gasteiger partial charge in [-0.05, 0) is 48.0 Å². The van der Waals surface area contributed by atoms with Gasteiger partial charge in [-0.2, -0.15) is 0 Å². The van der Waals surface area contributed by atoms with Gasteiger partial charge in [0.1, 0.15) is 0 Å². The molecule has 4 aromatic rings. The maximum atomic E-state index is 12.8. The van der Waals surface area contributed by atoms with Gasteiger partial charge in [-0.25, -0.2) is 4.98 Å². The van der Waals surface area contributed by atoms with E-state index in [4.69, 9.17) is 11.6 Å². The Morgan fingerprint density at radius 3 is 2.46 bits per heavy atom. The van der Waals surface area contributed by atoms with E-state index in [2.05, 4.69) is 31.2 Å². The molecule has 0 saturated carbocycles. The molecular weight excluding hydrogens is 438 g/mol. The summed E-state index contributed by atoms with van der Waals surface area (Å²) in [6.45, 7) is 0. The van der Waals surface area contributed by atoms with Crippen molar-refractivity contribution in [3.05, 3.63) is 99.2 Å². The molecule has 6 heteroatoms. The highest BCUT2D eigenvalue weighted by molar-refractivity contribution is 9.10. The molecule has 0 fully saturated rings. The second kappa shape index (κ2) is 8.00. The van der Waals surface area contributed by atoms with Gasteiger partial charge >= 0.3 is 0 Å². The second-order valence-corrected chi connectivity index (χ2v) is 7.47. The number of H-pyrrole nitrogens is 1. The van der Waals surface area contributed by atoms with Crippen LogP contribution in [-0.4, -0.2) is 15.9 Å². The zero-order chi connectivity index (χ0) is 19.5. The number of fused-ring (bicyclic) bond motifs is 1. The first kappa shape index (κ1) is 18.5. The third-order valence-corrected chi connectivity index (χ3v) is 5.05. The molecule has 4 rings (SSSR count). The molecule has 0 bridgehead atoms. The lowest BCUT2D eigenvalue weighted by Crippen LogP contribution is -2.22. The number of para-hydroxylation sites is 2. The van der Waals surface area contributed by atoms with E-state index in [0.717, 1.165) is 21.1 Å². The van der Waals surface area contributed by atoms with Gasteiger partial charge in [0.15, 0.2) is 5.82 Å². The maximum Gasteiger partial charge on any atom is 0.257 e. The van der Waals surface area contributed by atoms with E-state index in [1.807, 2.05) is 54.6 Å². The first-order valence-corrected chi connectivity index (χ1v) is 9.75. The van der Waals surface area contributed by atoms with Crippen LogP contribution in [0.25, 0.3) is 22.8 Å². The summed E-state index contributed by atoms with van der Waals surface area (Å²) < 4.78 is 0.982. The molecule has 0 radical (unpaired) electrons. The molecule has 28 heavy (non-hydrogen) atoms. The van der Waals surface area contributed by atoms with E-state index in [9.17, 15) is 4.79 Å². The Hall–Kier alpha value is -2.89. The van der Waals surface area contributed by atoms with Crippen molar-refractivity contribution in [2.45, 2.75) is 0 Å². The summed E-state index contributed by atoms with van der Waals surface area (Å²) in [4.78, 5) is 20.7. The largest absolute Gasteiger partial charge is 0.337 e. The van der Waals surface area contributed by atoms with E-state index in [1.165, 1.54) is 0 Å². The lowest BCUT2D eigenvalue weighted by molar-refractivity contribution is 0.0974. The molecule has 0 spiro atoms. The van der Waals surface area contributed by atoms with E-state index >= 15 is 0 Å². The molecule has 1 amide bonds. The Morgan fingerprint density at radius 2 is 1.71 bits per heavy atom.